The summed E-state index contributed by atoms with van der Waals surface area (Å²) in [6.07, 6.45) is 0. The van der Waals surface area contributed by atoms with E-state index >= 15 is 0 Å². The number of hydrogen-bond donors (Lipinski definition) is 1. The fourth-order valence-electron chi connectivity index (χ4n) is 1.43. The third kappa shape index (κ3) is 4.20. The summed E-state index contributed by atoms with van der Waals surface area (Å²) in [7, 11) is 0. The van der Waals surface area contributed by atoms with E-state index in [1.54, 1.807) is 4.90 Å². The van der Waals surface area contributed by atoms with Crippen molar-refractivity contribution in [1.82, 2.24) is 4.90 Å². The topological polar surface area (TPSA) is 41.6 Å². The minimum Gasteiger partial charge on any atom is -0.435 e. The molecule has 6 heteroatoms. The number of anilines is 1. The van der Waals surface area contributed by atoms with Gasteiger partial charge < -0.3 is 15.0 Å². The molecule has 0 fully saturated rings. The monoisotopic (exact) mass is 258 g/mol. The van der Waals surface area contributed by atoms with Crippen molar-refractivity contribution in [2.24, 2.45) is 0 Å². The molecule has 0 saturated heterocycles. The van der Waals surface area contributed by atoms with Crippen LogP contribution in [0.5, 0.6) is 5.75 Å². The van der Waals surface area contributed by atoms with Gasteiger partial charge in [-0.15, -0.1) is 0 Å². The van der Waals surface area contributed by atoms with Crippen LogP contribution in [0.4, 0.5) is 19.3 Å². The van der Waals surface area contributed by atoms with Crippen molar-refractivity contribution < 1.29 is 18.3 Å². The van der Waals surface area contributed by atoms with Crippen molar-refractivity contribution in [2.45, 2.75) is 20.5 Å². The second-order valence-electron chi connectivity index (χ2n) is 3.51. The Hall–Kier alpha value is -1.85. The second-order valence-corrected chi connectivity index (χ2v) is 3.51. The van der Waals surface area contributed by atoms with Crippen LogP contribution in [0, 0.1) is 0 Å². The van der Waals surface area contributed by atoms with Gasteiger partial charge in [0, 0.05) is 18.8 Å². The Labute approximate surface area is 105 Å². The number of carbonyl (C=O) groups excluding carboxylic acids is 1. The van der Waals surface area contributed by atoms with Crippen LogP contribution in [0.15, 0.2) is 24.3 Å². The van der Waals surface area contributed by atoms with Gasteiger partial charge >= 0.3 is 12.6 Å². The van der Waals surface area contributed by atoms with E-state index in [1.165, 1.54) is 24.3 Å². The van der Waals surface area contributed by atoms with Gasteiger partial charge in [0.2, 0.25) is 0 Å². The van der Waals surface area contributed by atoms with Crippen molar-refractivity contribution in [3.05, 3.63) is 24.3 Å². The van der Waals surface area contributed by atoms with Gasteiger partial charge in [-0.05, 0) is 38.1 Å². The van der Waals surface area contributed by atoms with Gasteiger partial charge in [0.25, 0.3) is 0 Å². The van der Waals surface area contributed by atoms with Crippen molar-refractivity contribution in [3.8, 4) is 5.75 Å². The molecule has 0 heterocycles. The van der Waals surface area contributed by atoms with E-state index in [-0.39, 0.29) is 11.8 Å². The average Bonchev–Trinajstić information content (AvgIpc) is 2.32. The highest BCUT2D eigenvalue weighted by molar-refractivity contribution is 5.89. The molecule has 4 nitrogen and oxygen atoms in total. The first-order valence-corrected chi connectivity index (χ1v) is 5.67. The first-order valence-electron chi connectivity index (χ1n) is 5.67. The predicted octanol–water partition coefficient (Wildman–Crippen LogP) is 3.16. The smallest absolute Gasteiger partial charge is 0.387 e. The summed E-state index contributed by atoms with van der Waals surface area (Å²) in [5, 5.41) is 2.67. The molecule has 0 spiro atoms. The number of nitrogens with zero attached hydrogens (tertiary/aromatic N) is 1. The standard InChI is InChI=1S/C12H16F2N2O2/c1-3-16(4-2)12(17)15-9-5-7-10(8-6-9)18-11(13)14/h5-8,11H,3-4H2,1-2H3,(H,15,17). The number of hydrogen-bond acceptors (Lipinski definition) is 2. The number of rotatable bonds is 5. The van der Waals surface area contributed by atoms with Gasteiger partial charge in [-0.1, -0.05) is 0 Å². The molecule has 0 aliphatic heterocycles. The molecular formula is C12H16F2N2O2. The first-order chi connectivity index (χ1) is 8.56. The molecule has 18 heavy (non-hydrogen) atoms. The zero-order valence-electron chi connectivity index (χ0n) is 10.3. The van der Waals surface area contributed by atoms with Crippen LogP contribution in [0.2, 0.25) is 0 Å². The molecule has 1 rings (SSSR count). The van der Waals surface area contributed by atoms with Gasteiger partial charge in [-0.3, -0.25) is 0 Å². The lowest BCUT2D eigenvalue weighted by atomic mass is 10.3. The molecule has 0 unspecified atom stereocenters. The Morgan fingerprint density at radius 3 is 2.28 bits per heavy atom. The van der Waals surface area contributed by atoms with Crippen LogP contribution in [-0.2, 0) is 0 Å². The van der Waals surface area contributed by atoms with E-state index < -0.39 is 6.61 Å². The summed E-state index contributed by atoms with van der Waals surface area (Å²) in [4.78, 5) is 13.3. The van der Waals surface area contributed by atoms with Crippen LogP contribution < -0.4 is 10.1 Å². The molecule has 100 valence electrons. The minimum absolute atomic E-state index is 0.0610. The zero-order valence-corrected chi connectivity index (χ0v) is 10.3. The lowest BCUT2D eigenvalue weighted by molar-refractivity contribution is -0.0498. The highest BCUT2D eigenvalue weighted by atomic mass is 19.3. The average molecular weight is 258 g/mol. The molecule has 1 aromatic carbocycles. The quantitative estimate of drug-likeness (QED) is 0.881. The third-order valence-electron chi connectivity index (χ3n) is 2.38. The van der Waals surface area contributed by atoms with E-state index in [0.29, 0.717) is 18.8 Å². The molecule has 1 aromatic rings. The molecular weight excluding hydrogens is 242 g/mol. The van der Waals surface area contributed by atoms with Crippen LogP contribution in [0.3, 0.4) is 0 Å². The van der Waals surface area contributed by atoms with Crippen LogP contribution >= 0.6 is 0 Å². The van der Waals surface area contributed by atoms with E-state index in [9.17, 15) is 13.6 Å². The number of benzene rings is 1. The van der Waals surface area contributed by atoms with E-state index in [1.807, 2.05) is 13.8 Å². The van der Waals surface area contributed by atoms with Gasteiger partial charge in [0.15, 0.2) is 0 Å². The molecule has 0 bridgehead atoms. The Morgan fingerprint density at radius 1 is 1.28 bits per heavy atom. The molecule has 0 aromatic heterocycles. The minimum atomic E-state index is -2.85. The number of urea groups is 1. The molecule has 2 amide bonds. The number of amides is 2. The maximum absolute atomic E-state index is 11.9. The summed E-state index contributed by atoms with van der Waals surface area (Å²) >= 11 is 0. The van der Waals surface area contributed by atoms with Crippen molar-refractivity contribution in [1.29, 1.82) is 0 Å². The lowest BCUT2D eigenvalue weighted by Gasteiger charge is -2.19. The van der Waals surface area contributed by atoms with Crippen molar-refractivity contribution in [2.75, 3.05) is 18.4 Å². The predicted molar refractivity (Wildman–Crippen MR) is 65.0 cm³/mol. The molecule has 0 radical (unpaired) electrons. The van der Waals surface area contributed by atoms with Gasteiger partial charge in [-0.25, -0.2) is 4.79 Å². The largest absolute Gasteiger partial charge is 0.435 e. The van der Waals surface area contributed by atoms with E-state index in [2.05, 4.69) is 10.1 Å². The number of carbonyl (C=O) groups is 1. The summed E-state index contributed by atoms with van der Waals surface area (Å²) in [5.74, 6) is 0.0610. The summed E-state index contributed by atoms with van der Waals surface area (Å²) in [6.45, 7) is 2.12. The van der Waals surface area contributed by atoms with Crippen molar-refractivity contribution >= 4 is 11.7 Å². The SMILES string of the molecule is CCN(CC)C(=O)Nc1ccc(OC(F)F)cc1. The first kappa shape index (κ1) is 14.2. The molecule has 0 saturated carbocycles. The number of ether oxygens (including phenoxy) is 1. The number of halogens is 2. The normalized spacial score (nSPS) is 10.3. The number of nitrogens with one attached hydrogen (secondary N) is 1. The van der Waals surface area contributed by atoms with E-state index in [4.69, 9.17) is 0 Å². The zero-order chi connectivity index (χ0) is 13.5. The second kappa shape index (κ2) is 6.78. The molecule has 0 aliphatic carbocycles. The Kier molecular flexibility index (Phi) is 5.35. The van der Waals surface area contributed by atoms with Gasteiger partial charge in [0.1, 0.15) is 5.75 Å². The highest BCUT2D eigenvalue weighted by Crippen LogP contribution is 2.17. The van der Waals surface area contributed by atoms with E-state index in [0.717, 1.165) is 0 Å². The van der Waals surface area contributed by atoms with Gasteiger partial charge in [-0.2, -0.15) is 8.78 Å². The third-order valence-corrected chi connectivity index (χ3v) is 2.38. The maximum atomic E-state index is 11.9. The highest BCUT2D eigenvalue weighted by Gasteiger charge is 2.09. The summed E-state index contributed by atoms with van der Waals surface area (Å²) in [6, 6.07) is 5.56. The summed E-state index contributed by atoms with van der Waals surface area (Å²) < 4.78 is 28.1. The summed E-state index contributed by atoms with van der Waals surface area (Å²) in [5.41, 5.74) is 0.536. The Balaban J connectivity index is 2.60. The number of alkyl halides is 2. The van der Waals surface area contributed by atoms with Gasteiger partial charge in [0.05, 0.1) is 0 Å². The van der Waals surface area contributed by atoms with Crippen LogP contribution in [0.25, 0.3) is 0 Å². The Morgan fingerprint density at radius 2 is 1.83 bits per heavy atom. The van der Waals surface area contributed by atoms with Crippen molar-refractivity contribution in [3.63, 3.8) is 0 Å². The van der Waals surface area contributed by atoms with Crippen LogP contribution in [-0.4, -0.2) is 30.6 Å². The lowest BCUT2D eigenvalue weighted by Crippen LogP contribution is -2.34. The Bertz CT molecular complexity index is 378. The fraction of sp³-hybridized carbons (Fsp3) is 0.417. The molecule has 0 aliphatic rings. The molecule has 1 N–H and O–H groups in total. The maximum Gasteiger partial charge on any atom is 0.387 e. The molecule has 0 atom stereocenters. The van der Waals surface area contributed by atoms with Crippen LogP contribution in [0.1, 0.15) is 13.8 Å². The fourth-order valence-corrected chi connectivity index (χ4v) is 1.43.